The number of ether oxygens (including phenoxy) is 1. The lowest BCUT2D eigenvalue weighted by Crippen LogP contribution is -2.52. The number of ketones is 1. The van der Waals surface area contributed by atoms with Crippen molar-refractivity contribution < 1.29 is 9.53 Å². The number of hydrogen-bond acceptors (Lipinski definition) is 2. The number of hydrogen-bond donors (Lipinski definition) is 0. The average molecular weight is 250 g/mol. The third-order valence-corrected chi connectivity index (χ3v) is 5.38. The molecule has 102 valence electrons. The summed E-state index contributed by atoms with van der Waals surface area (Å²) in [5, 5.41) is 0. The summed E-state index contributed by atoms with van der Waals surface area (Å²) < 4.78 is 6.28. The van der Waals surface area contributed by atoms with Gasteiger partial charge in [-0.2, -0.15) is 0 Å². The highest BCUT2D eigenvalue weighted by molar-refractivity contribution is 5.77. The van der Waals surface area contributed by atoms with Crippen LogP contribution in [0.4, 0.5) is 0 Å². The Hall–Kier alpha value is -0.370. The van der Waals surface area contributed by atoms with E-state index in [0.29, 0.717) is 18.6 Å². The molecule has 0 aliphatic heterocycles. The molecule has 0 N–H and O–H groups in total. The molecule has 0 heterocycles. The van der Waals surface area contributed by atoms with Crippen molar-refractivity contribution in [3.63, 3.8) is 0 Å². The van der Waals surface area contributed by atoms with E-state index in [2.05, 4.69) is 0 Å². The molecule has 4 saturated carbocycles. The molecule has 0 aromatic rings. The maximum Gasteiger partial charge on any atom is 0.132 e. The van der Waals surface area contributed by atoms with E-state index < -0.39 is 0 Å². The zero-order chi connectivity index (χ0) is 12.6. The fourth-order valence-corrected chi connectivity index (χ4v) is 4.94. The number of rotatable bonds is 6. The van der Waals surface area contributed by atoms with E-state index >= 15 is 0 Å². The highest BCUT2D eigenvalue weighted by atomic mass is 16.5. The first-order chi connectivity index (χ1) is 8.69. The molecular formula is C16H26O2. The molecule has 4 bridgehead atoms. The highest BCUT2D eigenvalue weighted by Crippen LogP contribution is 2.57. The van der Waals surface area contributed by atoms with Gasteiger partial charge in [-0.15, -0.1) is 0 Å². The number of carbonyl (C=O) groups is 1. The fourth-order valence-electron chi connectivity index (χ4n) is 4.94. The minimum absolute atomic E-state index is 0.226. The van der Waals surface area contributed by atoms with Crippen molar-refractivity contribution in [2.24, 2.45) is 17.8 Å². The van der Waals surface area contributed by atoms with Gasteiger partial charge in [0.1, 0.15) is 5.78 Å². The van der Waals surface area contributed by atoms with Crippen LogP contribution in [-0.4, -0.2) is 18.0 Å². The summed E-state index contributed by atoms with van der Waals surface area (Å²) in [4.78, 5) is 11.3. The monoisotopic (exact) mass is 250 g/mol. The van der Waals surface area contributed by atoms with Crippen molar-refractivity contribution in [3.8, 4) is 0 Å². The van der Waals surface area contributed by atoms with Gasteiger partial charge in [-0.25, -0.2) is 0 Å². The Morgan fingerprint density at radius 3 is 2.17 bits per heavy atom. The third kappa shape index (κ3) is 2.49. The molecule has 0 spiro atoms. The Kier molecular flexibility index (Phi) is 3.48. The Morgan fingerprint density at radius 1 is 1.11 bits per heavy atom. The molecule has 0 saturated heterocycles. The van der Waals surface area contributed by atoms with Crippen LogP contribution in [0.15, 0.2) is 0 Å². The molecule has 4 aliphatic carbocycles. The van der Waals surface area contributed by atoms with Crippen LogP contribution in [0.3, 0.4) is 0 Å². The van der Waals surface area contributed by atoms with E-state index in [0.717, 1.165) is 30.8 Å². The molecule has 2 heteroatoms. The van der Waals surface area contributed by atoms with E-state index in [-0.39, 0.29) is 5.60 Å². The SMILES string of the molecule is CCC(=O)CCCOC12CC3CC(CC(C3)C1)C2. The zero-order valence-corrected chi connectivity index (χ0v) is 11.6. The summed E-state index contributed by atoms with van der Waals surface area (Å²) in [5.74, 6) is 3.24. The molecule has 4 fully saturated rings. The van der Waals surface area contributed by atoms with Crippen LogP contribution in [0.5, 0.6) is 0 Å². The molecule has 4 rings (SSSR count). The Morgan fingerprint density at radius 2 is 1.67 bits per heavy atom. The lowest BCUT2D eigenvalue weighted by molar-refractivity contribution is -0.163. The molecule has 0 radical (unpaired) electrons. The Bertz CT molecular complexity index is 286. The van der Waals surface area contributed by atoms with E-state index in [4.69, 9.17) is 4.74 Å². The second-order valence-electron chi connectivity index (χ2n) is 6.94. The van der Waals surface area contributed by atoms with Gasteiger partial charge in [-0.05, 0) is 62.7 Å². The van der Waals surface area contributed by atoms with Crippen molar-refractivity contribution in [1.29, 1.82) is 0 Å². The Balaban J connectivity index is 1.49. The predicted octanol–water partition coefficient (Wildman–Crippen LogP) is 3.73. The molecule has 0 aromatic carbocycles. The molecule has 0 aromatic heterocycles. The second kappa shape index (κ2) is 4.96. The van der Waals surface area contributed by atoms with Crippen LogP contribution < -0.4 is 0 Å². The first kappa shape index (κ1) is 12.7. The van der Waals surface area contributed by atoms with Gasteiger partial charge >= 0.3 is 0 Å². The normalized spacial score (nSPS) is 41.3. The fraction of sp³-hybridized carbons (Fsp3) is 0.938. The minimum atomic E-state index is 0.226. The van der Waals surface area contributed by atoms with Crippen LogP contribution in [0.2, 0.25) is 0 Å². The lowest BCUT2D eigenvalue weighted by Gasteiger charge is -2.56. The number of carbonyl (C=O) groups excluding carboxylic acids is 1. The first-order valence-corrected chi connectivity index (χ1v) is 7.85. The summed E-state index contributed by atoms with van der Waals surface area (Å²) in [7, 11) is 0. The van der Waals surface area contributed by atoms with Crippen molar-refractivity contribution in [2.45, 2.75) is 70.3 Å². The standard InChI is InChI=1S/C16H26O2/c1-2-15(17)4-3-5-18-16-9-12-6-13(10-16)8-14(7-12)11-16/h12-14H,2-11H2,1H3. The summed E-state index contributed by atoms with van der Waals surface area (Å²) >= 11 is 0. The molecular weight excluding hydrogens is 224 g/mol. The maximum atomic E-state index is 11.3. The third-order valence-electron chi connectivity index (χ3n) is 5.38. The van der Waals surface area contributed by atoms with Gasteiger partial charge < -0.3 is 4.74 Å². The van der Waals surface area contributed by atoms with Crippen LogP contribution in [0.25, 0.3) is 0 Å². The van der Waals surface area contributed by atoms with Gasteiger partial charge in [-0.3, -0.25) is 4.79 Å². The molecule has 0 atom stereocenters. The molecule has 2 nitrogen and oxygen atoms in total. The van der Waals surface area contributed by atoms with E-state index in [1.807, 2.05) is 6.92 Å². The van der Waals surface area contributed by atoms with Gasteiger partial charge in [0.2, 0.25) is 0 Å². The molecule has 0 unspecified atom stereocenters. The van der Waals surface area contributed by atoms with Crippen molar-refractivity contribution in [1.82, 2.24) is 0 Å². The Labute approximate surface area is 110 Å². The first-order valence-electron chi connectivity index (χ1n) is 7.85. The molecule has 4 aliphatic rings. The second-order valence-corrected chi connectivity index (χ2v) is 6.94. The van der Waals surface area contributed by atoms with E-state index in [1.54, 1.807) is 0 Å². The average Bonchev–Trinajstić information content (AvgIpc) is 2.32. The van der Waals surface area contributed by atoms with E-state index in [9.17, 15) is 4.79 Å². The predicted molar refractivity (Wildman–Crippen MR) is 71.4 cm³/mol. The van der Waals surface area contributed by atoms with Gasteiger partial charge in [0.25, 0.3) is 0 Å². The van der Waals surface area contributed by atoms with Gasteiger partial charge in [0.05, 0.1) is 5.60 Å². The topological polar surface area (TPSA) is 26.3 Å². The van der Waals surface area contributed by atoms with E-state index in [1.165, 1.54) is 38.5 Å². The van der Waals surface area contributed by atoms with Gasteiger partial charge in [0, 0.05) is 19.4 Å². The summed E-state index contributed by atoms with van der Waals surface area (Å²) in [6.45, 7) is 2.75. The lowest BCUT2D eigenvalue weighted by atomic mass is 9.54. The van der Waals surface area contributed by atoms with Crippen LogP contribution >= 0.6 is 0 Å². The van der Waals surface area contributed by atoms with Gasteiger partial charge in [-0.1, -0.05) is 6.92 Å². The summed E-state index contributed by atoms with van der Waals surface area (Å²) in [5.41, 5.74) is 0.226. The van der Waals surface area contributed by atoms with Crippen molar-refractivity contribution in [3.05, 3.63) is 0 Å². The highest BCUT2D eigenvalue weighted by Gasteiger charge is 2.51. The summed E-state index contributed by atoms with van der Waals surface area (Å²) in [6, 6.07) is 0. The van der Waals surface area contributed by atoms with Crippen molar-refractivity contribution >= 4 is 5.78 Å². The number of Topliss-reactive ketones (excluding diaryl/α,β-unsaturated/α-hetero) is 1. The zero-order valence-electron chi connectivity index (χ0n) is 11.6. The quantitative estimate of drug-likeness (QED) is 0.671. The smallest absolute Gasteiger partial charge is 0.132 e. The van der Waals surface area contributed by atoms with Crippen molar-refractivity contribution in [2.75, 3.05) is 6.61 Å². The van der Waals surface area contributed by atoms with Crippen LogP contribution in [0.1, 0.15) is 64.7 Å². The van der Waals surface area contributed by atoms with Crippen LogP contribution in [0, 0.1) is 17.8 Å². The van der Waals surface area contributed by atoms with Crippen LogP contribution in [-0.2, 0) is 9.53 Å². The summed E-state index contributed by atoms with van der Waals surface area (Å²) in [6.07, 6.45) is 10.6. The molecule has 18 heavy (non-hydrogen) atoms. The largest absolute Gasteiger partial charge is 0.375 e. The van der Waals surface area contributed by atoms with Gasteiger partial charge in [0.15, 0.2) is 0 Å². The molecule has 0 amide bonds. The maximum absolute atomic E-state index is 11.3. The minimum Gasteiger partial charge on any atom is -0.375 e.